The fourth-order valence-corrected chi connectivity index (χ4v) is 7.66. The molecule has 0 saturated heterocycles. The fraction of sp³-hybridized carbons (Fsp3) is 0.941. The van der Waals surface area contributed by atoms with E-state index in [-0.39, 0.29) is 31.1 Å². The van der Waals surface area contributed by atoms with Crippen LogP contribution in [0.3, 0.4) is 0 Å². The van der Waals surface area contributed by atoms with Gasteiger partial charge in [-0.25, -0.2) is 0 Å². The molecule has 6 nitrogen and oxygen atoms in total. The highest BCUT2D eigenvalue weighted by atomic mass is 16.6. The summed E-state index contributed by atoms with van der Waals surface area (Å²) in [5, 5.41) is 0. The number of hydrogen-bond donors (Lipinski definition) is 0. The standard InChI is InChI=1S/C51H98O6/c1-5-8-10-12-14-15-27-32-36-40-44-51(54)57-48(45-55-49(52)42-38-34-29-13-11-9-6-2)46-56-50(53)43-39-35-31-28-25-23-21-19-17-16-18-20-22-24-26-30-33-37-41-47(4)7-3/h47-48H,5-46H2,1-4H3/t47?,48-/m1/s1. The van der Waals surface area contributed by atoms with Crippen LogP contribution >= 0.6 is 0 Å². The van der Waals surface area contributed by atoms with Gasteiger partial charge in [-0.15, -0.1) is 0 Å². The lowest BCUT2D eigenvalue weighted by molar-refractivity contribution is -0.167. The Balaban J connectivity index is 4.08. The van der Waals surface area contributed by atoms with Crippen LogP contribution in [0.25, 0.3) is 0 Å². The first-order valence-electron chi connectivity index (χ1n) is 25.4. The van der Waals surface area contributed by atoms with Crippen LogP contribution < -0.4 is 0 Å². The third-order valence-electron chi connectivity index (χ3n) is 11.9. The third-order valence-corrected chi connectivity index (χ3v) is 11.9. The first kappa shape index (κ1) is 55.4. The second kappa shape index (κ2) is 45.5. The zero-order valence-electron chi connectivity index (χ0n) is 38.8. The predicted octanol–water partition coefficient (Wildman–Crippen LogP) is 16.3. The molecule has 0 aromatic rings. The molecule has 0 N–H and O–H groups in total. The molecule has 0 aliphatic rings. The van der Waals surface area contributed by atoms with E-state index in [0.29, 0.717) is 19.3 Å². The van der Waals surface area contributed by atoms with Gasteiger partial charge in [0.25, 0.3) is 0 Å². The second-order valence-electron chi connectivity index (χ2n) is 17.7. The van der Waals surface area contributed by atoms with Gasteiger partial charge in [0.05, 0.1) is 0 Å². The van der Waals surface area contributed by atoms with Crippen LogP contribution in [-0.4, -0.2) is 37.2 Å². The van der Waals surface area contributed by atoms with Crippen molar-refractivity contribution in [3.8, 4) is 0 Å². The van der Waals surface area contributed by atoms with Gasteiger partial charge in [0.15, 0.2) is 6.10 Å². The van der Waals surface area contributed by atoms with Gasteiger partial charge in [-0.3, -0.25) is 14.4 Å². The zero-order valence-corrected chi connectivity index (χ0v) is 38.8. The molecule has 0 aromatic carbocycles. The van der Waals surface area contributed by atoms with E-state index < -0.39 is 6.10 Å². The van der Waals surface area contributed by atoms with Crippen LogP contribution in [0.1, 0.15) is 285 Å². The van der Waals surface area contributed by atoms with Gasteiger partial charge in [0.2, 0.25) is 0 Å². The first-order valence-corrected chi connectivity index (χ1v) is 25.4. The van der Waals surface area contributed by atoms with Crippen LogP contribution in [0, 0.1) is 5.92 Å². The summed E-state index contributed by atoms with van der Waals surface area (Å²) in [7, 11) is 0. The van der Waals surface area contributed by atoms with Crippen LogP contribution in [0.2, 0.25) is 0 Å². The SMILES string of the molecule is CCCCCCCCCCCCC(=O)O[C@H](COC(=O)CCCCCCCCC)COC(=O)CCCCCCCCCCCCCCCCCCCCC(C)CC. The molecule has 0 aliphatic heterocycles. The molecular formula is C51H98O6. The minimum absolute atomic E-state index is 0.0634. The second-order valence-corrected chi connectivity index (χ2v) is 17.7. The van der Waals surface area contributed by atoms with Crippen LogP contribution in [-0.2, 0) is 28.6 Å². The molecule has 6 heteroatoms. The molecule has 2 atom stereocenters. The molecular weight excluding hydrogens is 709 g/mol. The zero-order chi connectivity index (χ0) is 41.7. The van der Waals surface area contributed by atoms with Crippen molar-refractivity contribution in [2.45, 2.75) is 291 Å². The third kappa shape index (κ3) is 43.8. The van der Waals surface area contributed by atoms with E-state index in [4.69, 9.17) is 14.2 Å². The molecule has 0 saturated carbocycles. The monoisotopic (exact) mass is 807 g/mol. The van der Waals surface area contributed by atoms with Crippen molar-refractivity contribution in [1.29, 1.82) is 0 Å². The molecule has 0 amide bonds. The summed E-state index contributed by atoms with van der Waals surface area (Å²) in [5.74, 6) is 0.0542. The Kier molecular flexibility index (Phi) is 44.2. The maximum atomic E-state index is 12.7. The number of carbonyl (C=O) groups excluding carboxylic acids is 3. The number of ether oxygens (including phenoxy) is 3. The summed E-state index contributed by atoms with van der Waals surface area (Å²) in [4.78, 5) is 37.6. The van der Waals surface area contributed by atoms with Crippen molar-refractivity contribution in [2.24, 2.45) is 5.92 Å². The number of unbranched alkanes of at least 4 members (excludes halogenated alkanes) is 32. The Hall–Kier alpha value is -1.59. The van der Waals surface area contributed by atoms with Gasteiger partial charge in [0, 0.05) is 19.3 Å². The summed E-state index contributed by atoms with van der Waals surface area (Å²) in [6, 6.07) is 0. The molecule has 0 aromatic heterocycles. The van der Waals surface area contributed by atoms with E-state index in [0.717, 1.165) is 63.7 Å². The summed E-state index contributed by atoms with van der Waals surface area (Å²) in [6.07, 6.45) is 46.8. The molecule has 338 valence electrons. The van der Waals surface area contributed by atoms with Crippen molar-refractivity contribution in [2.75, 3.05) is 13.2 Å². The van der Waals surface area contributed by atoms with Crippen molar-refractivity contribution in [3.63, 3.8) is 0 Å². The molecule has 0 bridgehead atoms. The molecule has 1 unspecified atom stereocenters. The molecule has 0 rings (SSSR count). The summed E-state index contributed by atoms with van der Waals surface area (Å²) in [6.45, 7) is 9.02. The van der Waals surface area contributed by atoms with Gasteiger partial charge < -0.3 is 14.2 Å². The maximum Gasteiger partial charge on any atom is 0.306 e. The van der Waals surface area contributed by atoms with E-state index >= 15 is 0 Å². The quantitative estimate of drug-likeness (QED) is 0.0346. The lowest BCUT2D eigenvalue weighted by Gasteiger charge is -2.18. The maximum absolute atomic E-state index is 12.7. The van der Waals surface area contributed by atoms with Gasteiger partial charge in [-0.05, 0) is 25.2 Å². The summed E-state index contributed by atoms with van der Waals surface area (Å²) >= 11 is 0. The van der Waals surface area contributed by atoms with Crippen molar-refractivity contribution in [3.05, 3.63) is 0 Å². The highest BCUT2D eigenvalue weighted by molar-refractivity contribution is 5.71. The highest BCUT2D eigenvalue weighted by Crippen LogP contribution is 2.18. The number of esters is 3. The Morgan fingerprint density at radius 3 is 0.912 bits per heavy atom. The van der Waals surface area contributed by atoms with Crippen LogP contribution in [0.4, 0.5) is 0 Å². The molecule has 0 fully saturated rings. The summed E-state index contributed by atoms with van der Waals surface area (Å²) in [5.41, 5.74) is 0. The Morgan fingerprint density at radius 1 is 0.351 bits per heavy atom. The van der Waals surface area contributed by atoms with Gasteiger partial charge in [-0.1, -0.05) is 246 Å². The van der Waals surface area contributed by atoms with E-state index in [1.54, 1.807) is 0 Å². The Labute approximate surface area is 355 Å². The number of rotatable bonds is 46. The molecule has 0 spiro atoms. The minimum atomic E-state index is -0.758. The lowest BCUT2D eigenvalue weighted by Crippen LogP contribution is -2.30. The molecule has 57 heavy (non-hydrogen) atoms. The average Bonchev–Trinajstić information content (AvgIpc) is 3.21. The largest absolute Gasteiger partial charge is 0.462 e. The van der Waals surface area contributed by atoms with Crippen molar-refractivity contribution >= 4 is 17.9 Å². The van der Waals surface area contributed by atoms with E-state index in [2.05, 4.69) is 27.7 Å². The topological polar surface area (TPSA) is 78.9 Å². The van der Waals surface area contributed by atoms with Gasteiger partial charge in [-0.2, -0.15) is 0 Å². The normalized spacial score (nSPS) is 12.4. The fourth-order valence-electron chi connectivity index (χ4n) is 7.66. The Morgan fingerprint density at radius 2 is 0.614 bits per heavy atom. The van der Waals surface area contributed by atoms with Crippen LogP contribution in [0.5, 0.6) is 0 Å². The van der Waals surface area contributed by atoms with Crippen molar-refractivity contribution in [1.82, 2.24) is 0 Å². The molecule has 0 aliphatic carbocycles. The van der Waals surface area contributed by atoms with Crippen molar-refractivity contribution < 1.29 is 28.6 Å². The summed E-state index contributed by atoms with van der Waals surface area (Å²) < 4.78 is 16.7. The van der Waals surface area contributed by atoms with E-state index in [9.17, 15) is 14.4 Å². The first-order chi connectivity index (χ1) is 27.9. The highest BCUT2D eigenvalue weighted by Gasteiger charge is 2.19. The lowest BCUT2D eigenvalue weighted by atomic mass is 9.99. The molecule has 0 heterocycles. The minimum Gasteiger partial charge on any atom is -0.462 e. The number of hydrogen-bond acceptors (Lipinski definition) is 6. The smallest absolute Gasteiger partial charge is 0.306 e. The van der Waals surface area contributed by atoms with Gasteiger partial charge >= 0.3 is 17.9 Å². The average molecular weight is 807 g/mol. The van der Waals surface area contributed by atoms with E-state index in [1.807, 2.05) is 0 Å². The van der Waals surface area contributed by atoms with E-state index in [1.165, 1.54) is 180 Å². The Bertz CT molecular complexity index is 859. The van der Waals surface area contributed by atoms with Crippen LogP contribution in [0.15, 0.2) is 0 Å². The molecule has 0 radical (unpaired) electrons. The van der Waals surface area contributed by atoms with Gasteiger partial charge in [0.1, 0.15) is 13.2 Å². The number of carbonyl (C=O) groups is 3. The predicted molar refractivity (Wildman–Crippen MR) is 243 cm³/mol.